The first-order valence-electron chi connectivity index (χ1n) is 20.2. The van der Waals surface area contributed by atoms with Gasteiger partial charge in [-0.3, -0.25) is 5.73 Å². The van der Waals surface area contributed by atoms with Crippen LogP contribution in [0, 0.1) is 0 Å². The molecule has 2 N–H and O–H groups in total. The number of hydrogen-bond acceptors (Lipinski definition) is 3. The van der Waals surface area contributed by atoms with E-state index in [2.05, 4.69) is 38.2 Å². The van der Waals surface area contributed by atoms with Gasteiger partial charge in [0, 0.05) is 13.2 Å². The van der Waals surface area contributed by atoms with Crippen LogP contribution in [-0.4, -0.2) is 50.2 Å². The summed E-state index contributed by atoms with van der Waals surface area (Å²) in [6.45, 7) is 6.90. The second kappa shape index (κ2) is 34.5. The van der Waals surface area contributed by atoms with Gasteiger partial charge in [-0.2, -0.15) is 0 Å². The van der Waals surface area contributed by atoms with Crippen molar-refractivity contribution in [3.8, 4) is 0 Å². The van der Waals surface area contributed by atoms with Crippen LogP contribution in [0.4, 0.5) is 0 Å². The zero-order valence-electron chi connectivity index (χ0n) is 31.7. The predicted octanol–water partition coefficient (Wildman–Crippen LogP) is 13.0. The van der Waals surface area contributed by atoms with Crippen LogP contribution in [0.25, 0.3) is 0 Å². The molecule has 0 heterocycles. The molecule has 0 fully saturated rings. The van der Waals surface area contributed by atoms with Crippen LogP contribution < -0.4 is 5.73 Å². The molecule has 274 valence electrons. The minimum atomic E-state index is -0.838. The molecule has 0 saturated heterocycles. The number of rotatable bonds is 37. The molecule has 0 radical (unpaired) electrons. The van der Waals surface area contributed by atoms with Crippen LogP contribution in [0.2, 0.25) is 0 Å². The van der Waals surface area contributed by atoms with E-state index in [1.165, 1.54) is 167 Å². The third-order valence-corrected chi connectivity index (χ3v) is 8.96. The minimum absolute atomic E-state index is 0.251. The van der Waals surface area contributed by atoms with Crippen LogP contribution in [0.1, 0.15) is 194 Å². The van der Waals surface area contributed by atoms with Crippen molar-refractivity contribution in [2.24, 2.45) is 5.73 Å². The molecule has 0 rings (SSSR count). The fraction of sp³-hybridized carbons (Fsp3) is 0.902. The van der Waals surface area contributed by atoms with E-state index in [1.54, 1.807) is 0 Å². The van der Waals surface area contributed by atoms with E-state index < -0.39 is 5.72 Å². The summed E-state index contributed by atoms with van der Waals surface area (Å²) in [5.74, 6) is 0. The van der Waals surface area contributed by atoms with Crippen molar-refractivity contribution in [1.29, 1.82) is 0 Å². The van der Waals surface area contributed by atoms with Gasteiger partial charge in [-0.05, 0) is 64.2 Å². The monoisotopic (exact) mass is 670 g/mol. The highest BCUT2D eigenvalue weighted by atomic mass is 35.5. The van der Waals surface area contributed by atoms with Gasteiger partial charge >= 0.3 is 0 Å². The van der Waals surface area contributed by atoms with Gasteiger partial charge in [-0.15, -0.1) is 0 Å². The molecule has 1 unspecified atom stereocenters. The molecule has 0 amide bonds. The van der Waals surface area contributed by atoms with Crippen LogP contribution in [0.15, 0.2) is 24.3 Å². The van der Waals surface area contributed by atoms with Gasteiger partial charge in [0.25, 0.3) is 0 Å². The number of nitrogens with zero attached hydrogens (tertiary/aromatic N) is 1. The fourth-order valence-electron chi connectivity index (χ4n) is 6.09. The topological polar surface area (TPSA) is 44.5 Å². The highest BCUT2D eigenvalue weighted by Gasteiger charge is 2.35. The maximum atomic E-state index is 6.66. The molecular weight excluding hydrogens is 588 g/mol. The molecule has 0 bridgehead atoms. The van der Waals surface area contributed by atoms with Crippen molar-refractivity contribution in [3.05, 3.63) is 24.3 Å². The summed E-state index contributed by atoms with van der Waals surface area (Å²) in [5, 5.41) is 0. The molecule has 0 spiro atoms. The summed E-state index contributed by atoms with van der Waals surface area (Å²) in [6, 6.07) is 0. The molecule has 0 aromatic heterocycles. The molecule has 0 aliphatic heterocycles. The Morgan fingerprint density at radius 1 is 0.500 bits per heavy atom. The maximum absolute atomic E-state index is 6.66. The second-order valence-corrected chi connectivity index (χ2v) is 15.5. The molecule has 0 aliphatic carbocycles. The third-order valence-electron chi connectivity index (χ3n) is 8.84. The highest BCUT2D eigenvalue weighted by Crippen LogP contribution is 2.17. The highest BCUT2D eigenvalue weighted by molar-refractivity contribution is 6.06. The Kier molecular flexibility index (Phi) is 34.2. The van der Waals surface area contributed by atoms with E-state index in [0.29, 0.717) is 19.8 Å². The maximum Gasteiger partial charge on any atom is 0.191 e. The molecule has 0 saturated carbocycles. The quantitative estimate of drug-likeness (QED) is 0.0310. The van der Waals surface area contributed by atoms with Crippen molar-refractivity contribution in [2.45, 2.75) is 199 Å². The van der Waals surface area contributed by atoms with Crippen molar-refractivity contribution < 1.29 is 13.5 Å². The van der Waals surface area contributed by atoms with Crippen LogP contribution in [-0.2, 0) is 9.47 Å². The lowest BCUT2D eigenvalue weighted by atomic mass is 10.1. The van der Waals surface area contributed by atoms with E-state index in [-0.39, 0.29) is 4.00 Å². The normalized spacial score (nSPS) is 13.8. The molecule has 4 nitrogen and oxygen atoms in total. The molecule has 46 heavy (non-hydrogen) atoms. The SMILES string of the molecule is CCCCCCCC/C=C\CCCCCCCCOCC(N)(C[N+](C)(C)Cl)OCCCCCCCC/C=C\CCCCCCCC. The van der Waals surface area contributed by atoms with E-state index in [0.717, 1.165) is 19.4 Å². The molecule has 0 aliphatic rings. The first-order chi connectivity index (χ1) is 22.3. The summed E-state index contributed by atoms with van der Waals surface area (Å²) in [6.07, 6.45) is 46.3. The Labute approximate surface area is 294 Å². The molecule has 0 aromatic carbocycles. The van der Waals surface area contributed by atoms with E-state index in [9.17, 15) is 0 Å². The number of allylic oxidation sites excluding steroid dienone is 4. The lowest BCUT2D eigenvalue weighted by Gasteiger charge is -2.33. The second-order valence-electron chi connectivity index (χ2n) is 14.5. The summed E-state index contributed by atoms with van der Waals surface area (Å²) in [4.78, 5) is 0. The molecule has 5 heteroatoms. The van der Waals surface area contributed by atoms with Gasteiger partial charge in [0.15, 0.2) is 17.5 Å². The van der Waals surface area contributed by atoms with E-state index in [1.807, 2.05) is 14.1 Å². The van der Waals surface area contributed by atoms with Crippen molar-refractivity contribution in [3.63, 3.8) is 0 Å². The largest absolute Gasteiger partial charge is 0.377 e. The first kappa shape index (κ1) is 45.6. The number of unbranched alkanes of at least 4 members (excludes halogenated alkanes) is 24. The lowest BCUT2D eigenvalue weighted by molar-refractivity contribution is -0.780. The Morgan fingerprint density at radius 3 is 1.20 bits per heavy atom. The van der Waals surface area contributed by atoms with Crippen LogP contribution in [0.3, 0.4) is 0 Å². The Morgan fingerprint density at radius 2 is 0.826 bits per heavy atom. The molecule has 1 atom stereocenters. The van der Waals surface area contributed by atoms with Gasteiger partial charge in [0.05, 0.1) is 20.7 Å². The van der Waals surface area contributed by atoms with E-state index >= 15 is 0 Å². The zero-order chi connectivity index (χ0) is 33.9. The van der Waals surface area contributed by atoms with Gasteiger partial charge in [-0.1, -0.05) is 154 Å². The van der Waals surface area contributed by atoms with Crippen LogP contribution in [0.5, 0.6) is 0 Å². The fourth-order valence-corrected chi connectivity index (χ4v) is 6.29. The van der Waals surface area contributed by atoms with Crippen molar-refractivity contribution >= 4 is 11.8 Å². The lowest BCUT2D eigenvalue weighted by Crippen LogP contribution is -2.57. The zero-order valence-corrected chi connectivity index (χ0v) is 32.4. The number of hydrogen-bond donors (Lipinski definition) is 1. The van der Waals surface area contributed by atoms with Gasteiger partial charge in [0.2, 0.25) is 0 Å². The number of ether oxygens (including phenoxy) is 2. The minimum Gasteiger partial charge on any atom is -0.377 e. The predicted molar refractivity (Wildman–Crippen MR) is 205 cm³/mol. The number of quaternary nitrogens is 1. The summed E-state index contributed by atoms with van der Waals surface area (Å²) < 4.78 is 12.5. The Balaban J connectivity index is 3.76. The Hall–Kier alpha value is -0.390. The van der Waals surface area contributed by atoms with Gasteiger partial charge in [-0.25, -0.2) is 4.00 Å². The van der Waals surface area contributed by atoms with E-state index in [4.69, 9.17) is 27.0 Å². The third kappa shape index (κ3) is 36.4. The molecular formula is C41H82ClN2O2+. The van der Waals surface area contributed by atoms with Gasteiger partial charge < -0.3 is 9.47 Å². The van der Waals surface area contributed by atoms with Crippen molar-refractivity contribution in [2.75, 3.05) is 40.5 Å². The molecule has 0 aromatic rings. The van der Waals surface area contributed by atoms with Gasteiger partial charge in [0.1, 0.15) is 6.54 Å². The first-order valence-corrected chi connectivity index (χ1v) is 20.5. The average molecular weight is 671 g/mol. The number of likely N-dealkylation sites (N-methyl/N-ethyl adjacent to an activating group) is 1. The Bertz CT molecular complexity index is 663. The number of nitrogens with two attached hydrogens (primary N) is 1. The smallest absolute Gasteiger partial charge is 0.191 e. The standard InChI is InChI=1S/C41H82ClN2O2/c1-5-7-9-11-13-15-17-19-21-23-25-27-29-31-33-35-37-45-40-41(43,39-44(3,4)42)46-38-36-34-32-30-28-26-24-22-20-18-16-14-12-10-8-6-2/h19-22H,5-18,23-40,43H2,1-4H3/q+1/b21-19-,22-20-. The summed E-state index contributed by atoms with van der Waals surface area (Å²) in [5.41, 5.74) is 5.83. The number of halogens is 1. The van der Waals surface area contributed by atoms with Crippen molar-refractivity contribution in [1.82, 2.24) is 0 Å². The summed E-state index contributed by atoms with van der Waals surface area (Å²) in [7, 11) is 3.89. The summed E-state index contributed by atoms with van der Waals surface area (Å²) >= 11 is 6.50. The van der Waals surface area contributed by atoms with Crippen LogP contribution >= 0.6 is 11.8 Å². The average Bonchev–Trinajstić information content (AvgIpc) is 3.01.